The molecule has 0 aliphatic heterocycles. The summed E-state index contributed by atoms with van der Waals surface area (Å²) < 4.78 is 18.5. The number of carbonyl (C=O) groups excluding carboxylic acids is 3. The van der Waals surface area contributed by atoms with Crippen LogP contribution in [0.5, 0.6) is 5.75 Å². The molecule has 0 saturated heterocycles. The predicted octanol–water partition coefficient (Wildman–Crippen LogP) is 7.45. The Kier molecular flexibility index (Phi) is 8.91. The second-order valence-corrected chi connectivity index (χ2v) is 12.4. The Balaban J connectivity index is 2.08. The van der Waals surface area contributed by atoms with Gasteiger partial charge in [-0.2, -0.15) is 10.2 Å². The number of benzene rings is 2. The molecule has 1 N–H and O–H groups in total. The van der Waals surface area contributed by atoms with Crippen LogP contribution >= 0.6 is 0 Å². The molecular weight excluding hydrogens is 574 g/mol. The van der Waals surface area contributed by atoms with Crippen molar-refractivity contribution in [3.8, 4) is 17.5 Å². The molecule has 0 bridgehead atoms. The molecule has 11 heteroatoms. The van der Waals surface area contributed by atoms with E-state index in [0.29, 0.717) is 28.3 Å². The molecule has 11 nitrogen and oxygen atoms in total. The number of amides is 3. The van der Waals surface area contributed by atoms with E-state index < -0.39 is 23.4 Å². The second-order valence-electron chi connectivity index (χ2n) is 12.4. The summed E-state index contributed by atoms with van der Waals surface area (Å²) in [5, 5.41) is 13.7. The molecule has 2 heterocycles. The first-order chi connectivity index (χ1) is 21.1. The van der Waals surface area contributed by atoms with Gasteiger partial charge < -0.3 is 19.5 Å². The number of aryl methyl sites for hydroxylation is 1. The number of anilines is 2. The molecule has 45 heavy (non-hydrogen) atoms. The fourth-order valence-corrected chi connectivity index (χ4v) is 4.79. The molecule has 3 amide bonds. The van der Waals surface area contributed by atoms with E-state index in [2.05, 4.69) is 16.4 Å². The lowest BCUT2D eigenvalue weighted by atomic mass is 10.1. The topological polar surface area (TPSA) is 136 Å². The molecule has 234 valence electrons. The van der Waals surface area contributed by atoms with E-state index in [0.717, 1.165) is 10.5 Å². The molecule has 4 aromatic rings. The standard InChI is InChI=1S/C34H37N5O6/c1-20-15-16-26(43-9)21(2)27(20)38-28-24(17-23(19-36-28)37-29(40)22-13-11-10-12-14-22)25(18-35)30(38)39(31(41)44-33(3,4)5)32(42)45-34(6,7)8/h10-17,19H,1-9H3,(H,37,40). The normalized spacial score (nSPS) is 11.5. The molecule has 0 atom stereocenters. The molecule has 0 radical (unpaired) electrons. The van der Waals surface area contributed by atoms with E-state index in [4.69, 9.17) is 14.2 Å². The van der Waals surface area contributed by atoms with Gasteiger partial charge in [-0.15, -0.1) is 0 Å². The van der Waals surface area contributed by atoms with Gasteiger partial charge in [0.1, 0.15) is 34.2 Å². The summed E-state index contributed by atoms with van der Waals surface area (Å²) >= 11 is 0. The van der Waals surface area contributed by atoms with E-state index >= 15 is 0 Å². The molecule has 0 aliphatic rings. The number of hydrogen-bond acceptors (Lipinski definition) is 8. The van der Waals surface area contributed by atoms with Crippen molar-refractivity contribution in [3.05, 3.63) is 77.0 Å². The maximum absolute atomic E-state index is 13.9. The molecule has 2 aromatic heterocycles. The number of nitrogens with one attached hydrogen (secondary N) is 1. The fourth-order valence-electron chi connectivity index (χ4n) is 4.79. The summed E-state index contributed by atoms with van der Waals surface area (Å²) in [5.74, 6) is 0.0303. The molecule has 4 rings (SSSR count). The lowest BCUT2D eigenvalue weighted by Gasteiger charge is -2.29. The molecule has 0 aliphatic carbocycles. The van der Waals surface area contributed by atoms with Gasteiger partial charge in [-0.25, -0.2) is 14.6 Å². The zero-order chi connectivity index (χ0) is 33.3. The Morgan fingerprint density at radius 3 is 2.07 bits per heavy atom. The third kappa shape index (κ3) is 6.91. The molecule has 2 aromatic carbocycles. The average molecular weight is 612 g/mol. The van der Waals surface area contributed by atoms with Crippen LogP contribution in [0.4, 0.5) is 21.1 Å². The van der Waals surface area contributed by atoms with Gasteiger partial charge in [0.25, 0.3) is 5.91 Å². The molecular formula is C34H37N5O6. The number of fused-ring (bicyclic) bond motifs is 1. The van der Waals surface area contributed by atoms with E-state index in [9.17, 15) is 19.6 Å². The van der Waals surface area contributed by atoms with Crippen LogP contribution in [0, 0.1) is 25.2 Å². The number of carbonyl (C=O) groups is 3. The van der Waals surface area contributed by atoms with Gasteiger partial charge >= 0.3 is 12.2 Å². The summed E-state index contributed by atoms with van der Waals surface area (Å²) in [6.45, 7) is 13.7. The predicted molar refractivity (Wildman–Crippen MR) is 171 cm³/mol. The van der Waals surface area contributed by atoms with Crippen molar-refractivity contribution in [1.82, 2.24) is 9.55 Å². The lowest BCUT2D eigenvalue weighted by molar-refractivity contribution is 0.0428. The van der Waals surface area contributed by atoms with Gasteiger partial charge in [0.05, 0.1) is 24.7 Å². The Morgan fingerprint density at radius 2 is 1.53 bits per heavy atom. The number of aromatic nitrogens is 2. The number of hydrogen-bond donors (Lipinski definition) is 1. The quantitative estimate of drug-likeness (QED) is 0.246. The second kappa shape index (κ2) is 12.3. The minimum Gasteiger partial charge on any atom is -0.496 e. The Hall–Kier alpha value is -5.37. The summed E-state index contributed by atoms with van der Waals surface area (Å²) in [6, 6.07) is 16.0. The number of imide groups is 1. The molecule has 0 fully saturated rings. The first kappa shape index (κ1) is 32.5. The van der Waals surface area contributed by atoms with Crippen molar-refractivity contribution in [3.63, 3.8) is 0 Å². The average Bonchev–Trinajstić information content (AvgIpc) is 3.24. The smallest absolute Gasteiger partial charge is 0.425 e. The largest absolute Gasteiger partial charge is 0.496 e. The highest BCUT2D eigenvalue weighted by atomic mass is 16.6. The van der Waals surface area contributed by atoms with Crippen molar-refractivity contribution >= 4 is 40.6 Å². The zero-order valence-electron chi connectivity index (χ0n) is 26.9. The monoisotopic (exact) mass is 611 g/mol. The van der Waals surface area contributed by atoms with Gasteiger partial charge in [-0.1, -0.05) is 24.3 Å². The maximum atomic E-state index is 13.9. The van der Waals surface area contributed by atoms with Crippen molar-refractivity contribution < 1.29 is 28.6 Å². The fraction of sp³-hybridized carbons (Fsp3) is 0.324. The number of nitriles is 1. The van der Waals surface area contributed by atoms with Crippen molar-refractivity contribution in [2.75, 3.05) is 17.3 Å². The van der Waals surface area contributed by atoms with Crippen LogP contribution in [0.25, 0.3) is 16.7 Å². The van der Waals surface area contributed by atoms with Crippen LogP contribution in [-0.4, -0.2) is 46.0 Å². The van der Waals surface area contributed by atoms with E-state index in [-0.39, 0.29) is 28.3 Å². The highest BCUT2D eigenvalue weighted by Gasteiger charge is 2.39. The van der Waals surface area contributed by atoms with Crippen molar-refractivity contribution in [1.29, 1.82) is 5.26 Å². The van der Waals surface area contributed by atoms with Gasteiger partial charge in [0.15, 0.2) is 5.82 Å². The minimum atomic E-state index is -1.05. The Morgan fingerprint density at radius 1 is 0.933 bits per heavy atom. The number of nitrogens with zero attached hydrogens (tertiary/aromatic N) is 4. The molecule has 0 spiro atoms. The van der Waals surface area contributed by atoms with Crippen molar-refractivity contribution in [2.24, 2.45) is 0 Å². The van der Waals surface area contributed by atoms with Gasteiger partial charge in [-0.05, 0) is 85.2 Å². The number of ether oxygens (including phenoxy) is 3. The van der Waals surface area contributed by atoms with Gasteiger partial charge in [0, 0.05) is 16.5 Å². The molecule has 0 saturated carbocycles. The summed E-state index contributed by atoms with van der Waals surface area (Å²) in [7, 11) is 1.53. The van der Waals surface area contributed by atoms with Crippen LogP contribution in [0.1, 0.15) is 68.6 Å². The number of rotatable bonds is 5. The van der Waals surface area contributed by atoms with Gasteiger partial charge in [-0.3, -0.25) is 9.36 Å². The molecule has 0 unspecified atom stereocenters. The first-order valence-electron chi connectivity index (χ1n) is 14.3. The van der Waals surface area contributed by atoms with E-state index in [1.165, 1.54) is 13.3 Å². The third-order valence-corrected chi connectivity index (χ3v) is 6.58. The van der Waals surface area contributed by atoms with Gasteiger partial charge in [0.2, 0.25) is 0 Å². The van der Waals surface area contributed by atoms with Crippen LogP contribution in [0.2, 0.25) is 0 Å². The van der Waals surface area contributed by atoms with Crippen molar-refractivity contribution in [2.45, 2.75) is 66.6 Å². The van der Waals surface area contributed by atoms with Crippen LogP contribution in [0.15, 0.2) is 54.7 Å². The highest BCUT2D eigenvalue weighted by molar-refractivity contribution is 6.13. The zero-order valence-corrected chi connectivity index (χ0v) is 26.9. The van der Waals surface area contributed by atoms with E-state index in [1.54, 1.807) is 88.6 Å². The number of methoxy groups -OCH3 is 1. The summed E-state index contributed by atoms with van der Waals surface area (Å²) in [5.41, 5.74) is 0.872. The summed E-state index contributed by atoms with van der Waals surface area (Å²) in [4.78, 5) is 46.0. The third-order valence-electron chi connectivity index (χ3n) is 6.58. The maximum Gasteiger partial charge on any atom is 0.425 e. The van der Waals surface area contributed by atoms with E-state index in [1.807, 2.05) is 19.9 Å². The number of pyridine rings is 1. The van der Waals surface area contributed by atoms with Crippen LogP contribution < -0.4 is 15.0 Å². The first-order valence-corrected chi connectivity index (χ1v) is 14.3. The Labute approximate surface area is 262 Å². The minimum absolute atomic E-state index is 0.0633. The highest BCUT2D eigenvalue weighted by Crippen LogP contribution is 2.40. The van der Waals surface area contributed by atoms with Crippen LogP contribution in [-0.2, 0) is 9.47 Å². The Bertz CT molecular complexity index is 1800. The lowest BCUT2D eigenvalue weighted by Crippen LogP contribution is -2.45. The SMILES string of the molecule is COc1ccc(C)c(-n2c(N(C(=O)OC(C)(C)C)C(=O)OC(C)(C)C)c(C#N)c3cc(NC(=O)c4ccccc4)cnc32)c1C. The van der Waals surface area contributed by atoms with Crippen LogP contribution in [0.3, 0.4) is 0 Å². The summed E-state index contributed by atoms with van der Waals surface area (Å²) in [6.07, 6.45) is -0.651.